The largest absolute Gasteiger partial charge is 0.403 e. The fraction of sp³-hybridized carbons (Fsp3) is 0.625. The maximum absolute atomic E-state index is 5.52. The third kappa shape index (κ3) is 3.57. The van der Waals surface area contributed by atoms with Gasteiger partial charge >= 0.3 is 0 Å². The highest BCUT2D eigenvalue weighted by Gasteiger charge is 2.10. The summed E-state index contributed by atoms with van der Waals surface area (Å²) >= 11 is 1.05. The van der Waals surface area contributed by atoms with Gasteiger partial charge in [-0.3, -0.25) is 4.18 Å². The van der Waals surface area contributed by atoms with E-state index in [2.05, 4.69) is 14.6 Å². The molecule has 0 radical (unpaired) electrons. The molecule has 0 spiro atoms. The summed E-state index contributed by atoms with van der Waals surface area (Å²) in [7, 11) is 1.58. The minimum absolute atomic E-state index is 0.941. The molecule has 0 bridgehead atoms. The molecule has 0 amide bonds. The van der Waals surface area contributed by atoms with Crippen LogP contribution in [0.25, 0.3) is 0 Å². The third-order valence-electron chi connectivity index (χ3n) is 1.96. The zero-order chi connectivity index (χ0) is 10.2. The van der Waals surface area contributed by atoms with Gasteiger partial charge in [0.1, 0.15) is 12.2 Å². The lowest BCUT2D eigenvalue weighted by Gasteiger charge is -2.29. The van der Waals surface area contributed by atoms with Crippen molar-refractivity contribution in [1.29, 1.82) is 0 Å². The number of hydrogen-bond donors (Lipinski definition) is 2. The van der Waals surface area contributed by atoms with Gasteiger partial charge in [-0.25, -0.2) is 0 Å². The van der Waals surface area contributed by atoms with Crippen LogP contribution >= 0.6 is 12.2 Å². The zero-order valence-corrected chi connectivity index (χ0v) is 9.09. The van der Waals surface area contributed by atoms with Crippen LogP contribution in [-0.4, -0.2) is 44.4 Å². The summed E-state index contributed by atoms with van der Waals surface area (Å²) in [5.74, 6) is 0. The molecule has 3 N–H and O–H groups in total. The molecular formula is C8H16N4OS. The van der Waals surface area contributed by atoms with E-state index in [-0.39, 0.29) is 0 Å². The fourth-order valence-corrected chi connectivity index (χ4v) is 1.51. The lowest BCUT2D eigenvalue weighted by atomic mass is 10.3. The van der Waals surface area contributed by atoms with Crippen molar-refractivity contribution >= 4 is 18.4 Å². The van der Waals surface area contributed by atoms with E-state index < -0.39 is 0 Å². The van der Waals surface area contributed by atoms with Crippen molar-refractivity contribution < 1.29 is 4.18 Å². The molecule has 0 unspecified atom stereocenters. The molecule has 5 nitrogen and oxygen atoms in total. The monoisotopic (exact) mass is 216 g/mol. The van der Waals surface area contributed by atoms with E-state index in [1.54, 1.807) is 19.5 Å². The van der Waals surface area contributed by atoms with E-state index in [9.17, 15) is 0 Å². The van der Waals surface area contributed by atoms with Crippen molar-refractivity contribution in [2.45, 2.75) is 0 Å². The maximum atomic E-state index is 5.52. The van der Waals surface area contributed by atoms with Gasteiger partial charge in [-0.15, -0.1) is 0 Å². The lowest BCUT2D eigenvalue weighted by Crippen LogP contribution is -2.43. The van der Waals surface area contributed by atoms with Crippen LogP contribution in [0.4, 0.5) is 0 Å². The van der Waals surface area contributed by atoms with Crippen molar-refractivity contribution in [3.8, 4) is 0 Å². The van der Waals surface area contributed by atoms with E-state index in [4.69, 9.17) is 9.92 Å². The first kappa shape index (κ1) is 11.4. The quantitative estimate of drug-likeness (QED) is 0.392. The molecule has 0 aromatic rings. The van der Waals surface area contributed by atoms with Crippen LogP contribution in [0.15, 0.2) is 16.3 Å². The summed E-state index contributed by atoms with van der Waals surface area (Å²) in [6.07, 6.45) is 3.30. The van der Waals surface area contributed by atoms with E-state index >= 15 is 0 Å². The van der Waals surface area contributed by atoms with Crippen molar-refractivity contribution in [2.75, 3.05) is 33.3 Å². The standard InChI is InChI=1S/C8H16N4OS/c1-13-14-11-7-8(6-9)12-4-2-10-3-5-12/h6-7,10H,2-5,9H2,1H3/b8-6+,11-7+. The SMILES string of the molecule is COS/N=C/C(=C\N)N1CCNCC1. The number of nitrogens with two attached hydrogens (primary N) is 1. The molecule has 1 aliphatic rings. The Hall–Kier alpha value is -0.720. The van der Waals surface area contributed by atoms with Crippen molar-refractivity contribution in [1.82, 2.24) is 10.2 Å². The van der Waals surface area contributed by atoms with Gasteiger partial charge < -0.3 is 16.0 Å². The summed E-state index contributed by atoms with van der Waals surface area (Å²) in [6, 6.07) is 0. The summed E-state index contributed by atoms with van der Waals surface area (Å²) < 4.78 is 8.74. The minimum Gasteiger partial charge on any atom is -0.403 e. The van der Waals surface area contributed by atoms with Gasteiger partial charge in [0.25, 0.3) is 0 Å². The maximum Gasteiger partial charge on any atom is 0.136 e. The Balaban J connectivity index is 2.44. The number of hydrogen-bond acceptors (Lipinski definition) is 6. The third-order valence-corrected chi connectivity index (χ3v) is 2.30. The van der Waals surface area contributed by atoms with Crippen LogP contribution < -0.4 is 11.1 Å². The van der Waals surface area contributed by atoms with E-state index in [0.29, 0.717) is 0 Å². The highest BCUT2D eigenvalue weighted by Crippen LogP contribution is 2.05. The van der Waals surface area contributed by atoms with Gasteiger partial charge in [-0.05, 0) is 0 Å². The predicted molar refractivity (Wildman–Crippen MR) is 59.8 cm³/mol. The second-order valence-corrected chi connectivity index (χ2v) is 3.50. The lowest BCUT2D eigenvalue weighted by molar-refractivity contribution is 0.312. The Kier molecular flexibility index (Phi) is 5.43. The van der Waals surface area contributed by atoms with Crippen LogP contribution in [-0.2, 0) is 4.18 Å². The zero-order valence-electron chi connectivity index (χ0n) is 8.27. The normalized spacial score (nSPS) is 19.2. The molecule has 1 rings (SSSR count). The molecule has 0 aliphatic carbocycles. The Morgan fingerprint density at radius 2 is 2.29 bits per heavy atom. The van der Waals surface area contributed by atoms with E-state index in [1.807, 2.05) is 0 Å². The number of rotatable bonds is 4. The molecule has 0 aromatic carbocycles. The first-order valence-electron chi connectivity index (χ1n) is 4.49. The predicted octanol–water partition coefficient (Wildman–Crippen LogP) is -0.0279. The molecule has 0 saturated carbocycles. The van der Waals surface area contributed by atoms with Crippen molar-refractivity contribution in [3.63, 3.8) is 0 Å². The molecule has 14 heavy (non-hydrogen) atoms. The number of piperazine rings is 1. The number of allylic oxidation sites excluding steroid dienone is 1. The summed E-state index contributed by atoms with van der Waals surface area (Å²) in [5, 5.41) is 3.28. The van der Waals surface area contributed by atoms with Crippen LogP contribution in [0.2, 0.25) is 0 Å². The molecule has 1 fully saturated rings. The van der Waals surface area contributed by atoms with Gasteiger partial charge in [0.15, 0.2) is 0 Å². The molecular weight excluding hydrogens is 200 g/mol. The summed E-state index contributed by atoms with van der Waals surface area (Å²) in [6.45, 7) is 3.91. The number of nitrogens with one attached hydrogen (secondary N) is 1. The smallest absolute Gasteiger partial charge is 0.136 e. The first-order valence-corrected chi connectivity index (χ1v) is 5.19. The van der Waals surface area contributed by atoms with Gasteiger partial charge in [0.2, 0.25) is 0 Å². The Morgan fingerprint density at radius 3 is 2.86 bits per heavy atom. The van der Waals surface area contributed by atoms with Crippen LogP contribution in [0, 0.1) is 0 Å². The summed E-state index contributed by atoms with van der Waals surface area (Å²) in [5.41, 5.74) is 6.46. The summed E-state index contributed by atoms with van der Waals surface area (Å²) in [4.78, 5) is 2.19. The topological polar surface area (TPSA) is 62.9 Å². The highest BCUT2D eigenvalue weighted by atomic mass is 32.2. The first-order chi connectivity index (χ1) is 6.88. The van der Waals surface area contributed by atoms with E-state index in [1.165, 1.54) is 0 Å². The Morgan fingerprint density at radius 1 is 1.57 bits per heavy atom. The second kappa shape index (κ2) is 6.69. The minimum atomic E-state index is 0.941. The van der Waals surface area contributed by atoms with Gasteiger partial charge in [0, 0.05) is 32.4 Å². The molecule has 1 saturated heterocycles. The average Bonchev–Trinajstić information content (AvgIpc) is 2.26. The van der Waals surface area contributed by atoms with Crippen LogP contribution in [0.3, 0.4) is 0 Å². The van der Waals surface area contributed by atoms with Gasteiger partial charge in [-0.2, -0.15) is 4.40 Å². The highest BCUT2D eigenvalue weighted by molar-refractivity contribution is 7.93. The average molecular weight is 216 g/mol. The molecule has 80 valence electrons. The fourth-order valence-electron chi connectivity index (χ4n) is 1.27. The van der Waals surface area contributed by atoms with Crippen LogP contribution in [0.1, 0.15) is 0 Å². The molecule has 0 aromatic heterocycles. The van der Waals surface area contributed by atoms with Crippen molar-refractivity contribution in [3.05, 3.63) is 11.9 Å². The number of nitrogens with zero attached hydrogens (tertiary/aromatic N) is 2. The van der Waals surface area contributed by atoms with Gasteiger partial charge in [-0.1, -0.05) is 0 Å². The van der Waals surface area contributed by atoms with Crippen LogP contribution in [0.5, 0.6) is 0 Å². The van der Waals surface area contributed by atoms with Gasteiger partial charge in [0.05, 0.1) is 19.0 Å². The molecule has 1 aliphatic heterocycles. The Bertz CT molecular complexity index is 213. The van der Waals surface area contributed by atoms with Crippen molar-refractivity contribution in [2.24, 2.45) is 10.1 Å². The molecule has 6 heteroatoms. The Labute approximate surface area is 88.7 Å². The molecule has 0 atom stereocenters. The van der Waals surface area contributed by atoms with E-state index in [0.717, 1.165) is 44.1 Å². The second-order valence-electron chi connectivity index (χ2n) is 2.80. The molecule has 1 heterocycles.